The Bertz CT molecular complexity index is 882. The van der Waals surface area contributed by atoms with E-state index in [1.165, 1.54) is 43.2 Å². The first-order valence-corrected chi connectivity index (χ1v) is 12.7. The Kier molecular flexibility index (Phi) is 4.51. The van der Waals surface area contributed by atoms with Crippen LogP contribution in [0.5, 0.6) is 5.75 Å². The molecule has 4 rings (SSSR count). The molecule has 28 heavy (non-hydrogen) atoms. The highest BCUT2D eigenvalue weighted by Crippen LogP contribution is 2.71. The quantitative estimate of drug-likeness (QED) is 0.574. The van der Waals surface area contributed by atoms with Crippen molar-refractivity contribution in [3.05, 3.63) is 29.3 Å². The molecule has 0 aromatic heterocycles. The number of aryl methyl sites for hydroxylation is 1. The van der Waals surface area contributed by atoms with Crippen LogP contribution in [0.25, 0.3) is 0 Å². The largest absolute Gasteiger partial charge is 0.383 e. The molecule has 3 nitrogen and oxygen atoms in total. The van der Waals surface area contributed by atoms with E-state index < -0.39 is 10.1 Å². The summed E-state index contributed by atoms with van der Waals surface area (Å²) < 4.78 is 28.1. The van der Waals surface area contributed by atoms with Crippen molar-refractivity contribution in [2.75, 3.05) is 6.26 Å². The Hall–Kier alpha value is -1.03. The third kappa shape index (κ3) is 2.93. The number of hydrogen-bond donors (Lipinski definition) is 0. The molecule has 156 valence electrons. The van der Waals surface area contributed by atoms with Gasteiger partial charge in [-0.1, -0.05) is 40.7 Å². The summed E-state index contributed by atoms with van der Waals surface area (Å²) in [5.41, 5.74) is 3.88. The van der Waals surface area contributed by atoms with Gasteiger partial charge >= 0.3 is 10.1 Å². The Labute approximate surface area is 171 Å². The molecule has 0 heterocycles. The fraction of sp³-hybridized carbons (Fsp3) is 0.750. The first-order valence-electron chi connectivity index (χ1n) is 10.9. The Balaban J connectivity index is 1.64. The van der Waals surface area contributed by atoms with Gasteiger partial charge in [-0.05, 0) is 95.8 Å². The summed E-state index contributed by atoms with van der Waals surface area (Å²) >= 11 is 0. The van der Waals surface area contributed by atoms with E-state index in [0.29, 0.717) is 27.9 Å². The predicted molar refractivity (Wildman–Crippen MR) is 114 cm³/mol. The molecular formula is C24H36O3S. The molecule has 2 fully saturated rings. The van der Waals surface area contributed by atoms with Gasteiger partial charge in [0, 0.05) is 0 Å². The summed E-state index contributed by atoms with van der Waals surface area (Å²) in [7, 11) is -3.47. The van der Waals surface area contributed by atoms with Crippen molar-refractivity contribution in [2.24, 2.45) is 28.1 Å². The van der Waals surface area contributed by atoms with Crippen LogP contribution >= 0.6 is 0 Å². The molecule has 3 aliphatic carbocycles. The maximum Gasteiger partial charge on any atom is 0.306 e. The third-order valence-corrected chi connectivity index (χ3v) is 9.70. The van der Waals surface area contributed by atoms with Crippen LogP contribution in [0.15, 0.2) is 18.2 Å². The summed E-state index contributed by atoms with van der Waals surface area (Å²) in [5, 5.41) is 0. The van der Waals surface area contributed by atoms with Crippen molar-refractivity contribution < 1.29 is 12.6 Å². The highest BCUT2D eigenvalue weighted by molar-refractivity contribution is 7.86. The van der Waals surface area contributed by atoms with Crippen LogP contribution in [0.4, 0.5) is 0 Å². The molecule has 0 aliphatic heterocycles. The van der Waals surface area contributed by atoms with Gasteiger partial charge in [-0.3, -0.25) is 0 Å². The first kappa shape index (κ1) is 20.3. The number of hydrogen-bond acceptors (Lipinski definition) is 3. The van der Waals surface area contributed by atoms with Crippen molar-refractivity contribution >= 4 is 10.1 Å². The minimum absolute atomic E-state index is 0.327. The molecule has 5 atom stereocenters. The molecule has 1 aromatic rings. The fourth-order valence-electron chi connectivity index (χ4n) is 7.28. The molecule has 0 spiro atoms. The van der Waals surface area contributed by atoms with Gasteiger partial charge < -0.3 is 4.18 Å². The molecule has 0 saturated heterocycles. The normalized spacial score (nSPS) is 37.7. The lowest BCUT2D eigenvalue weighted by atomic mass is 9.46. The van der Waals surface area contributed by atoms with Crippen molar-refractivity contribution in [1.82, 2.24) is 0 Å². The van der Waals surface area contributed by atoms with Crippen molar-refractivity contribution in [3.63, 3.8) is 0 Å². The van der Waals surface area contributed by atoms with E-state index in [-0.39, 0.29) is 0 Å². The molecule has 0 amide bonds. The van der Waals surface area contributed by atoms with Crippen LogP contribution in [-0.4, -0.2) is 14.7 Å². The average Bonchev–Trinajstić information content (AvgIpc) is 2.85. The lowest BCUT2D eigenvalue weighted by Gasteiger charge is -2.58. The molecule has 2 saturated carbocycles. The highest BCUT2D eigenvalue weighted by Gasteiger charge is 2.63. The zero-order valence-corrected chi connectivity index (χ0v) is 19.2. The van der Waals surface area contributed by atoms with Gasteiger partial charge in [-0.15, -0.1) is 0 Å². The molecule has 1 aromatic carbocycles. The summed E-state index contributed by atoms with van der Waals surface area (Å²) in [6.45, 7) is 12.5. The van der Waals surface area contributed by atoms with Crippen LogP contribution in [-0.2, 0) is 16.5 Å². The molecule has 4 heteroatoms. The van der Waals surface area contributed by atoms with E-state index in [1.54, 1.807) is 0 Å². The second-order valence-electron chi connectivity index (χ2n) is 11.1. The van der Waals surface area contributed by atoms with E-state index in [9.17, 15) is 8.42 Å². The summed E-state index contributed by atoms with van der Waals surface area (Å²) in [5.74, 6) is 2.64. The number of fused-ring (bicyclic) bond motifs is 5. The number of benzene rings is 1. The van der Waals surface area contributed by atoms with Crippen LogP contribution < -0.4 is 4.18 Å². The average molecular weight is 405 g/mol. The lowest BCUT2D eigenvalue weighted by Crippen LogP contribution is -2.50. The Morgan fingerprint density at radius 2 is 1.79 bits per heavy atom. The van der Waals surface area contributed by atoms with E-state index in [1.807, 2.05) is 12.1 Å². The summed E-state index contributed by atoms with van der Waals surface area (Å²) in [6.07, 6.45) is 8.62. The van der Waals surface area contributed by atoms with Gasteiger partial charge in [0.2, 0.25) is 0 Å². The van der Waals surface area contributed by atoms with E-state index >= 15 is 0 Å². The van der Waals surface area contributed by atoms with Crippen LogP contribution in [0, 0.1) is 28.1 Å². The van der Waals surface area contributed by atoms with Crippen molar-refractivity contribution in [3.8, 4) is 5.75 Å². The zero-order valence-electron chi connectivity index (χ0n) is 18.3. The van der Waals surface area contributed by atoms with E-state index in [4.69, 9.17) is 4.18 Å². The standard InChI is InChI=1S/C24H36O3S/c1-22(2,3)24(5)14-12-21-20-9-7-16-15-17(27-28(6,25)26)8-10-18(16)19(20)11-13-23(21,24)4/h8,10,15,19-21H,7,9,11-14H2,1-6H3/t19-,20-,21+,23+,24-/m1/s1. The lowest BCUT2D eigenvalue weighted by molar-refractivity contribution is -0.0759. The van der Waals surface area contributed by atoms with Gasteiger partial charge in [-0.25, -0.2) is 0 Å². The second kappa shape index (κ2) is 6.23. The maximum atomic E-state index is 11.5. The van der Waals surface area contributed by atoms with Gasteiger partial charge in [0.05, 0.1) is 6.26 Å². The zero-order chi connectivity index (χ0) is 20.5. The predicted octanol–water partition coefficient (Wildman–Crippen LogP) is 5.93. The maximum absolute atomic E-state index is 11.5. The first-order chi connectivity index (χ1) is 12.9. The molecule has 0 unspecified atom stereocenters. The van der Waals surface area contributed by atoms with Gasteiger partial charge in [0.15, 0.2) is 0 Å². The summed E-state index contributed by atoms with van der Waals surface area (Å²) in [6, 6.07) is 5.96. The van der Waals surface area contributed by atoms with Gasteiger partial charge in [-0.2, -0.15) is 8.42 Å². The minimum atomic E-state index is -3.47. The van der Waals surface area contributed by atoms with Crippen LogP contribution in [0.1, 0.15) is 83.8 Å². The second-order valence-corrected chi connectivity index (χ2v) is 12.7. The molecule has 0 radical (unpaired) electrons. The molecule has 0 N–H and O–H groups in total. The van der Waals surface area contributed by atoms with Crippen molar-refractivity contribution in [2.45, 2.75) is 79.1 Å². The minimum Gasteiger partial charge on any atom is -0.383 e. The fourth-order valence-corrected chi connectivity index (χ4v) is 7.74. The topological polar surface area (TPSA) is 43.4 Å². The third-order valence-electron chi connectivity index (χ3n) is 9.21. The van der Waals surface area contributed by atoms with E-state index in [2.05, 4.69) is 40.7 Å². The highest BCUT2D eigenvalue weighted by atomic mass is 32.2. The van der Waals surface area contributed by atoms with Crippen molar-refractivity contribution in [1.29, 1.82) is 0 Å². The van der Waals surface area contributed by atoms with Gasteiger partial charge in [0.25, 0.3) is 0 Å². The summed E-state index contributed by atoms with van der Waals surface area (Å²) in [4.78, 5) is 0. The SMILES string of the molecule is CC(C)(C)[C@@]1(C)CC[C@H]2[C@@H]3CCc4cc(OS(C)(=O)=O)ccc4[C@H]3CC[C@@]21C. The molecule has 0 bridgehead atoms. The Morgan fingerprint density at radius 3 is 2.43 bits per heavy atom. The van der Waals surface area contributed by atoms with Crippen LogP contribution in [0.2, 0.25) is 0 Å². The van der Waals surface area contributed by atoms with Gasteiger partial charge in [0.1, 0.15) is 5.75 Å². The van der Waals surface area contributed by atoms with E-state index in [0.717, 1.165) is 24.5 Å². The Morgan fingerprint density at radius 1 is 1.07 bits per heavy atom. The molecular weight excluding hydrogens is 368 g/mol. The number of rotatable bonds is 2. The van der Waals surface area contributed by atoms with Crippen LogP contribution in [0.3, 0.4) is 0 Å². The smallest absolute Gasteiger partial charge is 0.306 e. The molecule has 3 aliphatic rings. The monoisotopic (exact) mass is 404 g/mol.